The first kappa shape index (κ1) is 37.5. The van der Waals surface area contributed by atoms with Crippen LogP contribution < -0.4 is 25.6 Å². The number of aromatic nitrogens is 4. The Hall–Kier alpha value is -8.06. The number of pyridine rings is 2. The van der Waals surface area contributed by atoms with Crippen molar-refractivity contribution >= 4 is 95.0 Å². The van der Waals surface area contributed by atoms with Gasteiger partial charge < -0.3 is 4.90 Å². The zero-order chi connectivity index (χ0) is 43.3. The van der Waals surface area contributed by atoms with Gasteiger partial charge in [-0.2, -0.15) is 0 Å². The molecular weight excluding hydrogens is 807 g/mol. The number of para-hydroxylation sites is 3. The van der Waals surface area contributed by atoms with Gasteiger partial charge in [-0.3, -0.25) is 8.97 Å². The molecule has 13 rings (SSSR count). The van der Waals surface area contributed by atoms with Crippen LogP contribution in [0.2, 0.25) is 0 Å². The van der Waals surface area contributed by atoms with Crippen molar-refractivity contribution in [2.24, 2.45) is 0 Å². The van der Waals surface area contributed by atoms with Gasteiger partial charge in [-0.15, -0.1) is 0 Å². The Balaban J connectivity index is 1.16. The minimum atomic E-state index is -3.08. The van der Waals surface area contributed by atoms with E-state index in [1.54, 1.807) is 0 Å². The van der Waals surface area contributed by atoms with E-state index in [0.29, 0.717) is 0 Å². The van der Waals surface area contributed by atoms with Crippen molar-refractivity contribution in [3.8, 4) is 5.82 Å². The summed E-state index contributed by atoms with van der Waals surface area (Å²) in [5, 5.41) is 11.2. The summed E-state index contributed by atoms with van der Waals surface area (Å²) in [4.78, 5) is 12.6. The van der Waals surface area contributed by atoms with Gasteiger partial charge in [0.15, 0.2) is 8.07 Å². The highest BCUT2D eigenvalue weighted by Gasteiger charge is 2.43. The summed E-state index contributed by atoms with van der Waals surface area (Å²) in [7, 11) is -3.08. The highest BCUT2D eigenvalue weighted by Crippen LogP contribution is 2.55. The Labute approximate surface area is 378 Å². The molecule has 0 radical (unpaired) electrons. The van der Waals surface area contributed by atoms with Crippen molar-refractivity contribution in [2.45, 2.75) is 19.3 Å². The molecule has 0 unspecified atom stereocenters. The first-order valence-corrected chi connectivity index (χ1v) is 24.4. The lowest BCUT2D eigenvalue weighted by molar-refractivity contribution is 0.635. The Bertz CT molecular complexity index is 3760. The molecule has 0 saturated carbocycles. The number of anilines is 3. The second kappa shape index (κ2) is 14.2. The predicted molar refractivity (Wildman–Crippen MR) is 273 cm³/mol. The second-order valence-electron chi connectivity index (χ2n) is 17.8. The van der Waals surface area contributed by atoms with E-state index >= 15 is 0 Å². The Morgan fingerprint density at radius 2 is 1.08 bits per heavy atom. The van der Waals surface area contributed by atoms with E-state index in [2.05, 4.69) is 234 Å². The lowest BCUT2D eigenvalue weighted by Gasteiger charge is -2.42. The van der Waals surface area contributed by atoms with E-state index in [1.807, 2.05) is 18.5 Å². The average molecular weight is 850 g/mol. The molecule has 0 bridgehead atoms. The molecule has 0 aliphatic carbocycles. The molecule has 0 atom stereocenters. The van der Waals surface area contributed by atoms with E-state index < -0.39 is 8.07 Å². The van der Waals surface area contributed by atoms with Crippen LogP contribution in [-0.4, -0.2) is 27.0 Å². The lowest BCUT2D eigenvalue weighted by atomic mass is 9.72. The second-order valence-corrected chi connectivity index (χ2v) is 21.6. The minimum absolute atomic E-state index is 0.347. The van der Waals surface area contributed by atoms with E-state index in [9.17, 15) is 0 Å². The molecule has 65 heavy (non-hydrogen) atoms. The maximum atomic E-state index is 5.14. The molecule has 0 N–H and O–H groups in total. The normalized spacial score (nSPS) is 13.5. The van der Waals surface area contributed by atoms with Crippen LogP contribution in [0.4, 0.5) is 17.1 Å². The van der Waals surface area contributed by atoms with E-state index in [-0.39, 0.29) is 5.41 Å². The van der Waals surface area contributed by atoms with E-state index in [0.717, 1.165) is 33.6 Å². The van der Waals surface area contributed by atoms with Gasteiger partial charge in [0, 0.05) is 56.8 Å². The van der Waals surface area contributed by atoms with Gasteiger partial charge in [0.25, 0.3) is 0 Å². The molecule has 0 spiro atoms. The number of hydrogen-bond acceptors (Lipinski definition) is 3. The summed E-state index contributed by atoms with van der Waals surface area (Å²) in [6, 6.07) is 76.4. The topological polar surface area (TPSA) is 38.4 Å². The molecule has 6 heteroatoms. The van der Waals surface area contributed by atoms with Gasteiger partial charge in [0.1, 0.15) is 11.5 Å². The van der Waals surface area contributed by atoms with Gasteiger partial charge in [0.05, 0.1) is 27.9 Å². The molecular formula is C59H43N5Si. The molecule has 308 valence electrons. The van der Waals surface area contributed by atoms with Crippen LogP contribution in [0.1, 0.15) is 25.0 Å². The van der Waals surface area contributed by atoms with Crippen LogP contribution in [0, 0.1) is 0 Å². The molecule has 1 aliphatic heterocycles. The third kappa shape index (κ3) is 5.32. The van der Waals surface area contributed by atoms with Crippen molar-refractivity contribution in [3.63, 3.8) is 0 Å². The summed E-state index contributed by atoms with van der Waals surface area (Å²) in [6.07, 6.45) is 5.94. The fourth-order valence-electron chi connectivity index (χ4n) is 11.4. The minimum Gasteiger partial charge on any atom is -0.310 e. The van der Waals surface area contributed by atoms with Crippen molar-refractivity contribution in [1.29, 1.82) is 0 Å². The standard InChI is InChI=1S/C59H43N5Si/c1-59(2)50-25-13-15-27-52(50)63(40-18-6-3-7-19-40)53-34-33-48-47-32-30-44(39-54(47)64(57(48)56(53)59)55-28-16-17-35-60-55)65(41-20-8-4-9-21-41,42-22-10-5-11-23-42)43-29-31-45-46-24-12-14-26-51(46)62-37-36-61-58(62)49(45)38-43/h3-39H,1-2H3. The Kier molecular flexibility index (Phi) is 8.20. The van der Waals surface area contributed by atoms with Gasteiger partial charge in [-0.1, -0.05) is 172 Å². The zero-order valence-electron chi connectivity index (χ0n) is 36.1. The van der Waals surface area contributed by atoms with Crippen molar-refractivity contribution in [2.75, 3.05) is 4.90 Å². The molecule has 1 aliphatic rings. The van der Waals surface area contributed by atoms with Crippen molar-refractivity contribution < 1.29 is 0 Å². The highest BCUT2D eigenvalue weighted by molar-refractivity contribution is 7.20. The molecule has 0 fully saturated rings. The fraction of sp³-hybridized carbons (Fsp3) is 0.0508. The summed E-state index contributed by atoms with van der Waals surface area (Å²) in [5.74, 6) is 0.893. The van der Waals surface area contributed by atoms with Crippen LogP contribution in [0.3, 0.4) is 0 Å². The van der Waals surface area contributed by atoms with Gasteiger partial charge in [-0.05, 0) is 80.2 Å². The number of nitrogens with zero attached hydrogens (tertiary/aromatic N) is 5. The number of imidazole rings is 1. The van der Waals surface area contributed by atoms with Crippen LogP contribution in [0.15, 0.2) is 225 Å². The molecule has 8 aromatic carbocycles. The molecule has 4 aromatic heterocycles. The van der Waals surface area contributed by atoms with Crippen LogP contribution in [0.5, 0.6) is 0 Å². The molecule has 5 nitrogen and oxygen atoms in total. The molecule has 5 heterocycles. The number of benzene rings is 8. The third-order valence-corrected chi connectivity index (χ3v) is 18.9. The van der Waals surface area contributed by atoms with Crippen LogP contribution in [0.25, 0.3) is 54.9 Å². The fourth-order valence-corrected chi connectivity index (χ4v) is 16.1. The monoisotopic (exact) mass is 849 g/mol. The number of hydrogen-bond donors (Lipinski definition) is 0. The number of rotatable bonds is 6. The lowest BCUT2D eigenvalue weighted by Crippen LogP contribution is -2.74. The van der Waals surface area contributed by atoms with E-state index in [1.165, 1.54) is 70.3 Å². The average Bonchev–Trinajstić information content (AvgIpc) is 4.00. The Morgan fingerprint density at radius 3 is 1.83 bits per heavy atom. The maximum absolute atomic E-state index is 5.14. The predicted octanol–water partition coefficient (Wildman–Crippen LogP) is 11.6. The SMILES string of the molecule is CC1(C)c2ccccc2N(c2ccccc2)c2ccc3c4ccc([Si](c5ccccc5)(c5ccccc5)c5ccc6c7ccccc7n7ccnc7c6c5)cc4n(-c4ccccn4)c3c21. The van der Waals surface area contributed by atoms with Gasteiger partial charge >= 0.3 is 0 Å². The largest absolute Gasteiger partial charge is 0.310 e. The summed E-state index contributed by atoms with van der Waals surface area (Å²) >= 11 is 0. The summed E-state index contributed by atoms with van der Waals surface area (Å²) in [6.45, 7) is 4.78. The first-order valence-electron chi connectivity index (χ1n) is 22.4. The summed E-state index contributed by atoms with van der Waals surface area (Å²) in [5.41, 5.74) is 10.2. The quantitative estimate of drug-likeness (QED) is 0.0950. The van der Waals surface area contributed by atoms with E-state index in [4.69, 9.17) is 9.97 Å². The first-order chi connectivity index (χ1) is 32.0. The van der Waals surface area contributed by atoms with Gasteiger partial charge in [-0.25, -0.2) is 9.97 Å². The number of fused-ring (bicyclic) bond motifs is 12. The van der Waals surface area contributed by atoms with Crippen molar-refractivity contribution in [1.82, 2.24) is 18.9 Å². The molecule has 0 amide bonds. The van der Waals surface area contributed by atoms with Crippen molar-refractivity contribution in [3.05, 3.63) is 236 Å². The highest BCUT2D eigenvalue weighted by atomic mass is 28.3. The van der Waals surface area contributed by atoms with Crippen LogP contribution in [-0.2, 0) is 5.41 Å². The molecule has 12 aromatic rings. The van der Waals surface area contributed by atoms with Gasteiger partial charge in [0.2, 0.25) is 0 Å². The smallest absolute Gasteiger partial charge is 0.179 e. The van der Waals surface area contributed by atoms with Crippen LogP contribution >= 0.6 is 0 Å². The summed E-state index contributed by atoms with van der Waals surface area (Å²) < 4.78 is 4.70. The third-order valence-electron chi connectivity index (χ3n) is 14.1. The Morgan fingerprint density at radius 1 is 0.446 bits per heavy atom. The molecule has 0 saturated heterocycles. The zero-order valence-corrected chi connectivity index (χ0v) is 37.1. The maximum Gasteiger partial charge on any atom is 0.179 e.